The van der Waals surface area contributed by atoms with Crippen molar-refractivity contribution in [1.29, 1.82) is 0 Å². The Bertz CT molecular complexity index is 771. The number of aliphatic hydroxyl groups is 1. The lowest BCUT2D eigenvalue weighted by Crippen LogP contribution is -2.10. The van der Waals surface area contributed by atoms with E-state index < -0.39 is 0 Å². The third kappa shape index (κ3) is 3.63. The maximum absolute atomic E-state index is 13.8. The Kier molecular flexibility index (Phi) is 4.78. The van der Waals surface area contributed by atoms with Gasteiger partial charge >= 0.3 is 0 Å². The summed E-state index contributed by atoms with van der Waals surface area (Å²) in [6, 6.07) is 16.7. The van der Waals surface area contributed by atoms with E-state index >= 15 is 0 Å². The maximum Gasteiger partial charge on any atom is 0.128 e. The summed E-state index contributed by atoms with van der Waals surface area (Å²) in [5, 5.41) is 17.5. The van der Waals surface area contributed by atoms with Gasteiger partial charge in [0.1, 0.15) is 11.5 Å². The number of benzene rings is 2. The van der Waals surface area contributed by atoms with Crippen molar-refractivity contribution in [3.63, 3.8) is 0 Å². The normalized spacial score (nSPS) is 10.9. The minimum absolute atomic E-state index is 0.165. The zero-order valence-corrected chi connectivity index (χ0v) is 12.7. The lowest BCUT2D eigenvalue weighted by Gasteiger charge is -2.09. The molecule has 0 saturated carbocycles. The molecule has 0 unspecified atom stereocenters. The van der Waals surface area contributed by atoms with Gasteiger partial charge < -0.3 is 5.11 Å². The van der Waals surface area contributed by atoms with Crippen molar-refractivity contribution < 1.29 is 9.50 Å². The summed E-state index contributed by atoms with van der Waals surface area (Å²) < 4.78 is 15.5. The van der Waals surface area contributed by atoms with Gasteiger partial charge in [0.05, 0.1) is 18.8 Å². The number of nitrogens with zero attached hydrogens (tertiary/aromatic N) is 3. The molecule has 0 bridgehead atoms. The Hall–Kier alpha value is -2.53. The maximum atomic E-state index is 13.8. The lowest BCUT2D eigenvalue weighted by atomic mass is 10.1. The SMILES string of the molecule is OCc1nnn(Cc2ccccc2F)c1CCc1ccccc1. The van der Waals surface area contributed by atoms with E-state index in [0.717, 1.165) is 12.1 Å². The van der Waals surface area contributed by atoms with Crippen LogP contribution in [-0.2, 0) is 26.0 Å². The van der Waals surface area contributed by atoms with Crippen molar-refractivity contribution in [2.45, 2.75) is 26.0 Å². The number of aliphatic hydroxyl groups excluding tert-OH is 1. The van der Waals surface area contributed by atoms with Crippen LogP contribution in [0, 0.1) is 5.82 Å². The average Bonchev–Trinajstić information content (AvgIpc) is 2.98. The number of rotatable bonds is 6. The molecular weight excluding hydrogens is 293 g/mol. The van der Waals surface area contributed by atoms with E-state index in [2.05, 4.69) is 22.4 Å². The van der Waals surface area contributed by atoms with Crippen LogP contribution in [0.2, 0.25) is 0 Å². The highest BCUT2D eigenvalue weighted by Crippen LogP contribution is 2.14. The molecule has 0 fully saturated rings. The molecular formula is C18H18FN3O. The molecule has 1 heterocycles. The van der Waals surface area contributed by atoms with Crippen molar-refractivity contribution in [1.82, 2.24) is 15.0 Å². The second-order valence-electron chi connectivity index (χ2n) is 5.38. The summed E-state index contributed by atoms with van der Waals surface area (Å²) in [6.45, 7) is 0.144. The first-order valence-electron chi connectivity index (χ1n) is 7.57. The van der Waals surface area contributed by atoms with E-state index in [0.29, 0.717) is 24.2 Å². The second-order valence-corrected chi connectivity index (χ2v) is 5.38. The molecule has 2 aromatic carbocycles. The monoisotopic (exact) mass is 311 g/mol. The standard InChI is InChI=1S/C18H18FN3O/c19-16-9-5-4-8-15(16)12-22-18(17(13-23)20-21-22)11-10-14-6-2-1-3-7-14/h1-9,23H,10-13H2. The number of hydrogen-bond acceptors (Lipinski definition) is 3. The quantitative estimate of drug-likeness (QED) is 0.761. The molecule has 0 atom stereocenters. The van der Waals surface area contributed by atoms with E-state index in [1.54, 1.807) is 22.9 Å². The molecule has 3 rings (SSSR count). The average molecular weight is 311 g/mol. The summed E-state index contributed by atoms with van der Waals surface area (Å²) in [4.78, 5) is 0. The Balaban J connectivity index is 1.81. The van der Waals surface area contributed by atoms with Crippen LogP contribution in [0.1, 0.15) is 22.5 Å². The van der Waals surface area contributed by atoms with Crippen molar-refractivity contribution in [3.05, 3.63) is 82.9 Å². The highest BCUT2D eigenvalue weighted by atomic mass is 19.1. The van der Waals surface area contributed by atoms with Crippen LogP contribution < -0.4 is 0 Å². The Labute approximate surface area is 134 Å². The van der Waals surface area contributed by atoms with Gasteiger partial charge in [-0.2, -0.15) is 0 Å². The molecule has 0 aliphatic carbocycles. The Morgan fingerprint density at radius 1 is 0.957 bits per heavy atom. The first kappa shape index (κ1) is 15.4. The van der Waals surface area contributed by atoms with Crippen molar-refractivity contribution in [3.8, 4) is 0 Å². The molecule has 0 aliphatic rings. The third-order valence-electron chi connectivity index (χ3n) is 3.84. The van der Waals surface area contributed by atoms with Gasteiger partial charge in [0.15, 0.2) is 0 Å². The predicted octanol–water partition coefficient (Wildman–Crippen LogP) is 2.74. The molecule has 0 amide bonds. The number of aromatic nitrogens is 3. The van der Waals surface area contributed by atoms with Crippen LogP contribution in [0.25, 0.3) is 0 Å². The highest BCUT2D eigenvalue weighted by molar-refractivity contribution is 5.21. The molecule has 0 saturated heterocycles. The predicted molar refractivity (Wildman–Crippen MR) is 85.3 cm³/mol. The Morgan fingerprint density at radius 3 is 2.43 bits per heavy atom. The third-order valence-corrected chi connectivity index (χ3v) is 3.84. The zero-order chi connectivity index (χ0) is 16.1. The van der Waals surface area contributed by atoms with Gasteiger partial charge in [-0.15, -0.1) is 5.10 Å². The molecule has 0 spiro atoms. The van der Waals surface area contributed by atoms with E-state index in [9.17, 15) is 9.50 Å². The van der Waals surface area contributed by atoms with Gasteiger partial charge in [-0.3, -0.25) is 0 Å². The summed E-state index contributed by atoms with van der Waals surface area (Å²) >= 11 is 0. The Morgan fingerprint density at radius 2 is 1.70 bits per heavy atom. The van der Waals surface area contributed by atoms with Crippen LogP contribution in [0.15, 0.2) is 54.6 Å². The molecule has 23 heavy (non-hydrogen) atoms. The van der Waals surface area contributed by atoms with Crippen LogP contribution in [-0.4, -0.2) is 20.1 Å². The largest absolute Gasteiger partial charge is 0.390 e. The lowest BCUT2D eigenvalue weighted by molar-refractivity contribution is 0.275. The van der Waals surface area contributed by atoms with Crippen molar-refractivity contribution in [2.24, 2.45) is 0 Å². The van der Waals surface area contributed by atoms with Crippen LogP contribution >= 0.6 is 0 Å². The zero-order valence-electron chi connectivity index (χ0n) is 12.7. The van der Waals surface area contributed by atoms with Gasteiger partial charge in [-0.05, 0) is 24.5 Å². The van der Waals surface area contributed by atoms with Crippen molar-refractivity contribution in [2.75, 3.05) is 0 Å². The van der Waals surface area contributed by atoms with E-state index in [4.69, 9.17) is 0 Å². The minimum Gasteiger partial charge on any atom is -0.390 e. The van der Waals surface area contributed by atoms with Gasteiger partial charge in [0, 0.05) is 5.56 Å². The molecule has 5 heteroatoms. The van der Waals surface area contributed by atoms with Crippen LogP contribution in [0.5, 0.6) is 0 Å². The molecule has 1 N–H and O–H groups in total. The topological polar surface area (TPSA) is 50.9 Å². The molecule has 0 radical (unpaired) electrons. The van der Waals surface area contributed by atoms with Gasteiger partial charge in [-0.25, -0.2) is 9.07 Å². The van der Waals surface area contributed by atoms with Crippen LogP contribution in [0.4, 0.5) is 4.39 Å². The fraction of sp³-hybridized carbons (Fsp3) is 0.222. The number of hydrogen-bond donors (Lipinski definition) is 1. The van der Waals surface area contributed by atoms with Crippen molar-refractivity contribution >= 4 is 0 Å². The summed E-state index contributed by atoms with van der Waals surface area (Å²) in [5.74, 6) is -0.262. The molecule has 3 aromatic rings. The van der Waals surface area contributed by atoms with E-state index in [1.165, 1.54) is 11.6 Å². The second kappa shape index (κ2) is 7.15. The minimum atomic E-state index is -0.262. The molecule has 118 valence electrons. The van der Waals surface area contributed by atoms with E-state index in [1.807, 2.05) is 18.2 Å². The van der Waals surface area contributed by atoms with E-state index in [-0.39, 0.29) is 12.4 Å². The number of aryl methyl sites for hydroxylation is 1. The summed E-state index contributed by atoms with van der Waals surface area (Å²) in [7, 11) is 0. The number of halogens is 1. The summed E-state index contributed by atoms with van der Waals surface area (Å²) in [6.07, 6.45) is 1.51. The van der Waals surface area contributed by atoms with Gasteiger partial charge in [0.2, 0.25) is 0 Å². The molecule has 1 aromatic heterocycles. The molecule has 4 nitrogen and oxygen atoms in total. The van der Waals surface area contributed by atoms with Gasteiger partial charge in [-0.1, -0.05) is 53.7 Å². The first-order valence-corrected chi connectivity index (χ1v) is 7.57. The smallest absolute Gasteiger partial charge is 0.128 e. The fourth-order valence-corrected chi connectivity index (χ4v) is 2.59. The highest BCUT2D eigenvalue weighted by Gasteiger charge is 2.13. The fourth-order valence-electron chi connectivity index (χ4n) is 2.59. The first-order chi connectivity index (χ1) is 11.3. The van der Waals surface area contributed by atoms with Gasteiger partial charge in [0.25, 0.3) is 0 Å². The van der Waals surface area contributed by atoms with Crippen LogP contribution in [0.3, 0.4) is 0 Å². The molecule has 0 aliphatic heterocycles. The summed E-state index contributed by atoms with van der Waals surface area (Å²) in [5.41, 5.74) is 3.16.